The van der Waals surface area contributed by atoms with Gasteiger partial charge in [0.05, 0.1) is 17.2 Å². The fourth-order valence-corrected chi connectivity index (χ4v) is 2.29. The molecule has 0 aliphatic carbocycles. The molecule has 0 aliphatic rings. The van der Waals surface area contributed by atoms with Crippen LogP contribution >= 0.6 is 0 Å². The van der Waals surface area contributed by atoms with E-state index in [0.717, 1.165) is 11.1 Å². The summed E-state index contributed by atoms with van der Waals surface area (Å²) in [5.41, 5.74) is 5.67. The molecule has 2 aromatic carbocycles. The Labute approximate surface area is 138 Å². The fraction of sp³-hybridized carbons (Fsp3) is 0.105. The van der Waals surface area contributed by atoms with E-state index in [9.17, 15) is 9.59 Å². The number of carbonyl (C=O) groups excluding carboxylic acids is 1. The fourth-order valence-electron chi connectivity index (χ4n) is 2.29. The van der Waals surface area contributed by atoms with Crippen LogP contribution in [0.2, 0.25) is 0 Å². The second-order valence-electron chi connectivity index (χ2n) is 5.51. The van der Waals surface area contributed by atoms with Crippen molar-refractivity contribution in [1.82, 2.24) is 5.43 Å². The Kier molecular flexibility index (Phi) is 4.24. The van der Waals surface area contributed by atoms with E-state index in [4.69, 9.17) is 4.42 Å². The molecule has 0 aliphatic heterocycles. The number of hydrazone groups is 1. The summed E-state index contributed by atoms with van der Waals surface area (Å²) in [6, 6.07) is 12.4. The Morgan fingerprint density at radius 3 is 2.71 bits per heavy atom. The predicted octanol–water partition coefficient (Wildman–Crippen LogP) is 3.17. The summed E-state index contributed by atoms with van der Waals surface area (Å²) in [6.07, 6.45) is 2.62. The number of rotatable bonds is 3. The normalized spacial score (nSPS) is 11.1. The highest BCUT2D eigenvalue weighted by Crippen LogP contribution is 2.10. The molecule has 5 heteroatoms. The van der Waals surface area contributed by atoms with E-state index in [1.54, 1.807) is 36.4 Å². The molecule has 5 nitrogen and oxygen atoms in total. The minimum Gasteiger partial charge on any atom is -0.463 e. The van der Waals surface area contributed by atoms with Gasteiger partial charge in [-0.3, -0.25) is 9.59 Å². The van der Waals surface area contributed by atoms with Gasteiger partial charge in [0.2, 0.25) is 5.43 Å². The summed E-state index contributed by atoms with van der Waals surface area (Å²) in [4.78, 5) is 24.4. The topological polar surface area (TPSA) is 71.7 Å². The van der Waals surface area contributed by atoms with Gasteiger partial charge in [0.15, 0.2) is 0 Å². The van der Waals surface area contributed by atoms with Gasteiger partial charge in [-0.05, 0) is 49.2 Å². The van der Waals surface area contributed by atoms with Crippen LogP contribution in [0.3, 0.4) is 0 Å². The molecule has 0 spiro atoms. The molecule has 0 radical (unpaired) electrons. The van der Waals surface area contributed by atoms with E-state index in [0.29, 0.717) is 16.5 Å². The van der Waals surface area contributed by atoms with E-state index in [1.807, 2.05) is 19.9 Å². The maximum Gasteiger partial charge on any atom is 0.271 e. The van der Waals surface area contributed by atoms with E-state index < -0.39 is 0 Å². The molecular weight excluding hydrogens is 304 g/mol. The van der Waals surface area contributed by atoms with E-state index >= 15 is 0 Å². The Bertz CT molecular complexity index is 1000. The first-order chi connectivity index (χ1) is 11.6. The largest absolute Gasteiger partial charge is 0.463 e. The number of hydrogen-bond acceptors (Lipinski definition) is 4. The SMILES string of the molecule is Cc1ccc(C(=O)N/N=C/c2coc3ccccc3c2=O)cc1C. The Morgan fingerprint density at radius 2 is 1.92 bits per heavy atom. The molecule has 0 bridgehead atoms. The van der Waals surface area contributed by atoms with Crippen LogP contribution in [0.25, 0.3) is 11.0 Å². The smallest absolute Gasteiger partial charge is 0.271 e. The highest BCUT2D eigenvalue weighted by atomic mass is 16.3. The van der Waals surface area contributed by atoms with Gasteiger partial charge >= 0.3 is 0 Å². The van der Waals surface area contributed by atoms with Gasteiger partial charge in [-0.2, -0.15) is 5.10 Å². The third-order valence-corrected chi connectivity index (χ3v) is 3.85. The molecule has 120 valence electrons. The monoisotopic (exact) mass is 320 g/mol. The van der Waals surface area contributed by atoms with Crippen LogP contribution in [-0.2, 0) is 0 Å². The third-order valence-electron chi connectivity index (χ3n) is 3.85. The van der Waals surface area contributed by atoms with Crippen LogP contribution in [-0.4, -0.2) is 12.1 Å². The van der Waals surface area contributed by atoms with Gasteiger partial charge in [-0.15, -0.1) is 0 Å². The van der Waals surface area contributed by atoms with Crippen molar-refractivity contribution in [3.63, 3.8) is 0 Å². The molecule has 1 amide bonds. The Balaban J connectivity index is 1.79. The lowest BCUT2D eigenvalue weighted by Gasteiger charge is -2.03. The van der Waals surface area contributed by atoms with Gasteiger partial charge in [0.1, 0.15) is 11.8 Å². The molecule has 24 heavy (non-hydrogen) atoms. The standard InChI is InChI=1S/C19H16N2O3/c1-12-7-8-14(9-13(12)2)19(23)21-20-10-15-11-24-17-6-4-3-5-16(17)18(15)22/h3-11H,1-2H3,(H,21,23)/b20-10+. The van der Waals surface area contributed by atoms with Gasteiger partial charge in [0, 0.05) is 5.56 Å². The van der Waals surface area contributed by atoms with Crippen molar-refractivity contribution in [1.29, 1.82) is 0 Å². The zero-order valence-electron chi connectivity index (χ0n) is 13.4. The van der Waals surface area contributed by atoms with Crippen molar-refractivity contribution in [3.8, 4) is 0 Å². The van der Waals surface area contributed by atoms with Gasteiger partial charge in [-0.1, -0.05) is 18.2 Å². The first-order valence-corrected chi connectivity index (χ1v) is 7.47. The first-order valence-electron chi connectivity index (χ1n) is 7.47. The summed E-state index contributed by atoms with van der Waals surface area (Å²) in [7, 11) is 0. The molecule has 3 aromatic rings. The van der Waals surface area contributed by atoms with Crippen molar-refractivity contribution >= 4 is 23.1 Å². The third kappa shape index (κ3) is 3.10. The molecule has 1 aromatic heterocycles. The summed E-state index contributed by atoms with van der Waals surface area (Å²) >= 11 is 0. The van der Waals surface area contributed by atoms with Crippen LogP contribution in [0.15, 0.2) is 63.0 Å². The van der Waals surface area contributed by atoms with Crippen molar-refractivity contribution in [2.24, 2.45) is 5.10 Å². The number of aryl methyl sites for hydroxylation is 2. The lowest BCUT2D eigenvalue weighted by atomic mass is 10.1. The molecule has 0 unspecified atom stereocenters. The Morgan fingerprint density at radius 1 is 1.12 bits per heavy atom. The van der Waals surface area contributed by atoms with Crippen molar-refractivity contribution < 1.29 is 9.21 Å². The number of nitrogens with zero attached hydrogens (tertiary/aromatic N) is 1. The summed E-state index contributed by atoms with van der Waals surface area (Å²) in [5, 5.41) is 4.33. The van der Waals surface area contributed by atoms with Crippen molar-refractivity contribution in [3.05, 3.63) is 81.2 Å². The van der Waals surface area contributed by atoms with Crippen molar-refractivity contribution in [2.45, 2.75) is 13.8 Å². The number of para-hydroxylation sites is 1. The van der Waals surface area contributed by atoms with E-state index in [1.165, 1.54) is 12.5 Å². The van der Waals surface area contributed by atoms with Crippen LogP contribution in [0.4, 0.5) is 0 Å². The average Bonchev–Trinajstić information content (AvgIpc) is 2.59. The second-order valence-corrected chi connectivity index (χ2v) is 5.51. The molecular formula is C19H16N2O3. The second kappa shape index (κ2) is 6.50. The first kappa shape index (κ1) is 15.7. The number of benzene rings is 2. The van der Waals surface area contributed by atoms with Crippen LogP contribution in [0.1, 0.15) is 27.0 Å². The highest BCUT2D eigenvalue weighted by molar-refractivity contribution is 5.95. The zero-order valence-corrected chi connectivity index (χ0v) is 13.4. The summed E-state index contributed by atoms with van der Waals surface area (Å²) < 4.78 is 5.39. The van der Waals surface area contributed by atoms with Crippen molar-refractivity contribution in [2.75, 3.05) is 0 Å². The number of amides is 1. The molecule has 0 fully saturated rings. The average molecular weight is 320 g/mol. The molecule has 0 saturated heterocycles. The quantitative estimate of drug-likeness (QED) is 0.595. The molecule has 0 atom stereocenters. The lowest BCUT2D eigenvalue weighted by molar-refractivity contribution is 0.0955. The minimum atomic E-state index is -0.334. The zero-order chi connectivity index (χ0) is 17.1. The van der Waals surface area contributed by atoms with Gasteiger partial charge in [-0.25, -0.2) is 5.43 Å². The van der Waals surface area contributed by atoms with Gasteiger partial charge < -0.3 is 4.42 Å². The minimum absolute atomic E-state index is 0.193. The predicted molar refractivity (Wildman–Crippen MR) is 93.5 cm³/mol. The van der Waals surface area contributed by atoms with E-state index in [2.05, 4.69) is 10.5 Å². The van der Waals surface area contributed by atoms with Crippen LogP contribution < -0.4 is 10.9 Å². The highest BCUT2D eigenvalue weighted by Gasteiger charge is 2.07. The van der Waals surface area contributed by atoms with Crippen LogP contribution in [0, 0.1) is 13.8 Å². The Hall–Kier alpha value is -3.21. The van der Waals surface area contributed by atoms with Crippen LogP contribution in [0.5, 0.6) is 0 Å². The summed E-state index contributed by atoms with van der Waals surface area (Å²) in [5.74, 6) is -0.334. The maximum absolute atomic E-state index is 12.3. The molecule has 0 saturated carbocycles. The summed E-state index contributed by atoms with van der Waals surface area (Å²) in [6.45, 7) is 3.92. The molecule has 3 rings (SSSR count). The maximum atomic E-state index is 12.3. The molecule has 1 N–H and O–H groups in total. The number of carbonyl (C=O) groups is 1. The number of fused-ring (bicyclic) bond motifs is 1. The molecule has 1 heterocycles. The number of nitrogens with one attached hydrogen (secondary N) is 1. The number of hydrogen-bond donors (Lipinski definition) is 1. The lowest BCUT2D eigenvalue weighted by Crippen LogP contribution is -2.18. The van der Waals surface area contributed by atoms with Gasteiger partial charge in [0.25, 0.3) is 5.91 Å². The van der Waals surface area contributed by atoms with E-state index in [-0.39, 0.29) is 16.9 Å².